The summed E-state index contributed by atoms with van der Waals surface area (Å²) in [4.78, 5) is 38.9. The van der Waals surface area contributed by atoms with Crippen LogP contribution in [0.15, 0.2) is 53.5 Å². The SMILES string of the molecule is C[C@@H]1Cc2ccc(Cl)cc2-c2cc(=O)n([C@@H](C[C@@H]3CCCCO3)C(=O)Cc3ccc(C(N)=O)c(F)c3)cc2CO1. The average molecular weight is 567 g/mol. The van der Waals surface area contributed by atoms with E-state index >= 15 is 0 Å². The van der Waals surface area contributed by atoms with E-state index in [1.54, 1.807) is 12.3 Å². The predicted molar refractivity (Wildman–Crippen MR) is 150 cm³/mol. The lowest BCUT2D eigenvalue weighted by Crippen LogP contribution is -2.35. The quantitative estimate of drug-likeness (QED) is 0.425. The number of nitrogens with zero attached hydrogens (tertiary/aromatic N) is 1. The van der Waals surface area contributed by atoms with Crippen molar-refractivity contribution < 1.29 is 23.5 Å². The normalized spacial score (nSPS) is 19.6. The van der Waals surface area contributed by atoms with Crippen LogP contribution in [-0.4, -0.2) is 35.1 Å². The van der Waals surface area contributed by atoms with Crippen molar-refractivity contribution in [2.45, 2.75) is 70.3 Å². The highest BCUT2D eigenvalue weighted by Gasteiger charge is 2.29. The summed E-state index contributed by atoms with van der Waals surface area (Å²) < 4.78 is 27.9. The number of primary amides is 1. The van der Waals surface area contributed by atoms with Crippen LogP contribution < -0.4 is 11.3 Å². The Morgan fingerprint density at radius 3 is 2.62 bits per heavy atom. The third-order valence-corrected chi connectivity index (χ3v) is 7.94. The van der Waals surface area contributed by atoms with Gasteiger partial charge in [-0.1, -0.05) is 23.7 Å². The Labute approximate surface area is 237 Å². The maximum Gasteiger partial charge on any atom is 0.251 e. The maximum atomic E-state index is 14.4. The molecule has 0 unspecified atom stereocenters. The van der Waals surface area contributed by atoms with Crippen molar-refractivity contribution in [2.75, 3.05) is 6.61 Å². The lowest BCUT2D eigenvalue weighted by molar-refractivity contribution is -0.123. The molecule has 3 atom stereocenters. The van der Waals surface area contributed by atoms with Crippen molar-refractivity contribution >= 4 is 23.3 Å². The summed E-state index contributed by atoms with van der Waals surface area (Å²) >= 11 is 6.33. The van der Waals surface area contributed by atoms with Crippen LogP contribution in [0.5, 0.6) is 0 Å². The topological polar surface area (TPSA) is 101 Å². The standard InChI is InChI=1S/C31H32ClFN2O5/c1-18-10-20-6-7-22(32)13-25(20)26-15-30(37)35(16-21(26)17-40-18)28(14-23-4-2-3-9-39-23)29(36)12-19-5-8-24(31(34)38)27(33)11-19/h5-8,11,13,15-16,18,23,28H,2-4,9-10,12,14,17H2,1H3,(H2,34,38)/t18-,23+,28+/m1/s1. The van der Waals surface area contributed by atoms with E-state index in [-0.39, 0.29) is 42.1 Å². The van der Waals surface area contributed by atoms with Gasteiger partial charge in [0, 0.05) is 42.3 Å². The van der Waals surface area contributed by atoms with Crippen molar-refractivity contribution in [3.8, 4) is 11.1 Å². The number of carbonyl (C=O) groups is 2. The first-order valence-electron chi connectivity index (χ1n) is 13.6. The second kappa shape index (κ2) is 12.0. The zero-order chi connectivity index (χ0) is 28.4. The van der Waals surface area contributed by atoms with Crippen LogP contribution in [0.1, 0.15) is 65.7 Å². The van der Waals surface area contributed by atoms with Crippen molar-refractivity contribution in [1.29, 1.82) is 0 Å². The number of hydrogen-bond donors (Lipinski definition) is 1. The fraction of sp³-hybridized carbons (Fsp3) is 0.387. The molecule has 1 saturated heterocycles. The molecule has 7 nitrogen and oxygen atoms in total. The molecule has 0 saturated carbocycles. The summed E-state index contributed by atoms with van der Waals surface area (Å²) in [5.74, 6) is -1.92. The van der Waals surface area contributed by atoms with Gasteiger partial charge in [-0.05, 0) is 79.1 Å². The number of Topliss-reactive ketones (excluding diaryl/α,β-unsaturated/α-hetero) is 1. The van der Waals surface area contributed by atoms with Crippen molar-refractivity contribution in [3.63, 3.8) is 0 Å². The first kappa shape index (κ1) is 28.2. The van der Waals surface area contributed by atoms with Crippen molar-refractivity contribution in [1.82, 2.24) is 4.57 Å². The largest absolute Gasteiger partial charge is 0.378 e. The molecule has 210 valence electrons. The van der Waals surface area contributed by atoms with E-state index in [9.17, 15) is 18.8 Å². The molecule has 2 aliphatic rings. The summed E-state index contributed by atoms with van der Waals surface area (Å²) in [7, 11) is 0. The Balaban J connectivity index is 1.54. The van der Waals surface area contributed by atoms with Gasteiger partial charge in [0.2, 0.25) is 0 Å². The number of rotatable bonds is 7. The van der Waals surface area contributed by atoms with Gasteiger partial charge in [0.05, 0.1) is 30.4 Å². The van der Waals surface area contributed by atoms with E-state index in [1.165, 1.54) is 16.7 Å². The van der Waals surface area contributed by atoms with E-state index < -0.39 is 17.8 Å². The fourth-order valence-corrected chi connectivity index (χ4v) is 5.78. The fourth-order valence-electron chi connectivity index (χ4n) is 5.61. The number of ketones is 1. The maximum absolute atomic E-state index is 14.4. The van der Waals surface area contributed by atoms with Gasteiger partial charge in [-0.3, -0.25) is 14.4 Å². The molecule has 3 heterocycles. The van der Waals surface area contributed by atoms with Crippen LogP contribution in [0.3, 0.4) is 0 Å². The van der Waals surface area contributed by atoms with E-state index in [0.29, 0.717) is 30.0 Å². The predicted octanol–water partition coefficient (Wildman–Crippen LogP) is 5.18. The lowest BCUT2D eigenvalue weighted by Gasteiger charge is -2.29. The van der Waals surface area contributed by atoms with E-state index in [4.69, 9.17) is 26.8 Å². The third kappa shape index (κ3) is 6.19. The van der Waals surface area contributed by atoms with Crippen LogP contribution in [0.2, 0.25) is 5.02 Å². The first-order valence-corrected chi connectivity index (χ1v) is 14.0. The second-order valence-corrected chi connectivity index (χ2v) is 11.1. The Hall–Kier alpha value is -3.33. The Bertz CT molecular complexity index is 1500. The van der Waals surface area contributed by atoms with Gasteiger partial charge < -0.3 is 19.8 Å². The molecule has 1 amide bonds. The zero-order valence-electron chi connectivity index (χ0n) is 22.3. The number of benzene rings is 2. The minimum absolute atomic E-state index is 0.0557. The molecule has 0 spiro atoms. The number of pyridine rings is 1. The van der Waals surface area contributed by atoms with Crippen molar-refractivity contribution in [3.05, 3.63) is 92.1 Å². The smallest absolute Gasteiger partial charge is 0.251 e. The minimum Gasteiger partial charge on any atom is -0.378 e. The first-order chi connectivity index (χ1) is 19.2. The molecule has 1 fully saturated rings. The number of nitrogens with two attached hydrogens (primary N) is 1. The molecular formula is C31H32ClFN2O5. The molecule has 0 aliphatic carbocycles. The van der Waals surface area contributed by atoms with Crippen LogP contribution in [0, 0.1) is 5.82 Å². The molecule has 2 aromatic carbocycles. The highest BCUT2D eigenvalue weighted by Crippen LogP contribution is 2.34. The van der Waals surface area contributed by atoms with E-state index in [1.807, 2.05) is 25.1 Å². The van der Waals surface area contributed by atoms with Gasteiger partial charge in [-0.25, -0.2) is 4.39 Å². The molecular weight excluding hydrogens is 535 g/mol. The average Bonchev–Trinajstić information content (AvgIpc) is 2.91. The molecule has 40 heavy (non-hydrogen) atoms. The number of hydrogen-bond acceptors (Lipinski definition) is 5. The lowest BCUT2D eigenvalue weighted by atomic mass is 9.92. The molecule has 3 aromatic rings. The van der Waals surface area contributed by atoms with Gasteiger partial charge in [0.25, 0.3) is 11.5 Å². The monoisotopic (exact) mass is 566 g/mol. The summed E-state index contributed by atoms with van der Waals surface area (Å²) in [6, 6.07) is 10.3. The van der Waals surface area contributed by atoms with E-state index in [0.717, 1.165) is 47.6 Å². The number of carbonyl (C=O) groups excluding carboxylic acids is 2. The number of amides is 1. The molecule has 1 aromatic heterocycles. The van der Waals surface area contributed by atoms with Crippen LogP contribution in [-0.2, 0) is 33.7 Å². The summed E-state index contributed by atoms with van der Waals surface area (Å²) in [5.41, 5.74) is 8.45. The highest BCUT2D eigenvalue weighted by atomic mass is 35.5. The van der Waals surface area contributed by atoms with Gasteiger partial charge in [0.15, 0.2) is 5.78 Å². The summed E-state index contributed by atoms with van der Waals surface area (Å²) in [6.45, 7) is 2.87. The molecule has 2 aliphatic heterocycles. The van der Waals surface area contributed by atoms with Gasteiger partial charge in [0.1, 0.15) is 5.82 Å². The molecule has 0 bridgehead atoms. The Kier molecular flexibility index (Phi) is 8.49. The molecule has 0 radical (unpaired) electrons. The number of ether oxygens (including phenoxy) is 2. The minimum atomic E-state index is -0.880. The van der Waals surface area contributed by atoms with Gasteiger partial charge >= 0.3 is 0 Å². The Morgan fingerprint density at radius 1 is 1.10 bits per heavy atom. The van der Waals surface area contributed by atoms with Crippen LogP contribution in [0.25, 0.3) is 11.1 Å². The molecule has 2 N–H and O–H groups in total. The zero-order valence-corrected chi connectivity index (χ0v) is 23.1. The molecule has 5 rings (SSSR count). The summed E-state index contributed by atoms with van der Waals surface area (Å²) in [6.07, 6.45) is 5.08. The molecule has 9 heteroatoms. The second-order valence-electron chi connectivity index (χ2n) is 10.6. The van der Waals surface area contributed by atoms with Gasteiger partial charge in [-0.2, -0.15) is 0 Å². The van der Waals surface area contributed by atoms with Crippen LogP contribution in [0.4, 0.5) is 4.39 Å². The Morgan fingerprint density at radius 2 is 1.90 bits per heavy atom. The van der Waals surface area contributed by atoms with Crippen molar-refractivity contribution in [2.24, 2.45) is 5.73 Å². The van der Waals surface area contributed by atoms with Crippen LogP contribution >= 0.6 is 11.6 Å². The third-order valence-electron chi connectivity index (χ3n) is 7.70. The van der Waals surface area contributed by atoms with Gasteiger partial charge in [-0.15, -0.1) is 0 Å². The number of fused-ring (bicyclic) bond motifs is 3. The summed E-state index contributed by atoms with van der Waals surface area (Å²) in [5, 5.41) is 0.570. The highest BCUT2D eigenvalue weighted by molar-refractivity contribution is 6.30. The number of aromatic nitrogens is 1. The van der Waals surface area contributed by atoms with E-state index in [2.05, 4.69) is 0 Å². The number of halogens is 2.